The molecule has 0 saturated carbocycles. The van der Waals surface area contributed by atoms with E-state index in [4.69, 9.17) is 15.6 Å². The van der Waals surface area contributed by atoms with Gasteiger partial charge in [-0.1, -0.05) is 0 Å². The van der Waals surface area contributed by atoms with E-state index in [1.165, 1.54) is 0 Å². The fraction of sp³-hybridized carbons (Fsp3) is 0.700. The molecule has 0 heterocycles. The van der Waals surface area contributed by atoms with Crippen LogP contribution in [0.2, 0.25) is 0 Å². The predicted molar refractivity (Wildman–Crippen MR) is 62.9 cm³/mol. The van der Waals surface area contributed by atoms with Crippen molar-refractivity contribution in [3.8, 4) is 0 Å². The molecule has 0 bridgehead atoms. The lowest BCUT2D eigenvalue weighted by Crippen LogP contribution is -2.50. The third-order valence-corrected chi connectivity index (χ3v) is 1.96. The van der Waals surface area contributed by atoms with Crippen molar-refractivity contribution in [2.45, 2.75) is 32.4 Å². The second-order valence-electron chi connectivity index (χ2n) is 3.74. The van der Waals surface area contributed by atoms with E-state index in [1.54, 1.807) is 6.92 Å². The van der Waals surface area contributed by atoms with Crippen molar-refractivity contribution in [1.82, 2.24) is 10.6 Å². The molecule has 104 valence electrons. The number of aliphatic carboxylic acids is 1. The second kappa shape index (κ2) is 8.29. The highest BCUT2D eigenvalue weighted by Crippen LogP contribution is 1.92. The first-order valence-electron chi connectivity index (χ1n) is 5.52. The molecule has 3 amide bonds. The van der Waals surface area contributed by atoms with Gasteiger partial charge in [0.25, 0.3) is 0 Å². The molecule has 0 aliphatic heterocycles. The lowest BCUT2D eigenvalue weighted by Gasteiger charge is -2.17. The molecule has 18 heavy (non-hydrogen) atoms. The topological polar surface area (TPSA) is 131 Å². The number of carboxylic acids is 1. The number of hydrogen-bond acceptors (Lipinski definition) is 4. The smallest absolute Gasteiger partial charge is 0.326 e. The largest absolute Gasteiger partial charge is 0.480 e. The molecule has 8 nitrogen and oxygen atoms in total. The Hall–Kier alpha value is -1.83. The summed E-state index contributed by atoms with van der Waals surface area (Å²) in [5, 5.41) is 13.4. The zero-order valence-corrected chi connectivity index (χ0v) is 10.4. The summed E-state index contributed by atoms with van der Waals surface area (Å²) in [4.78, 5) is 32.8. The Kier molecular flexibility index (Phi) is 7.45. The Morgan fingerprint density at radius 2 is 1.94 bits per heavy atom. The van der Waals surface area contributed by atoms with Gasteiger partial charge in [-0.2, -0.15) is 0 Å². The van der Waals surface area contributed by atoms with Crippen molar-refractivity contribution >= 4 is 17.9 Å². The number of ether oxygens (including phenoxy) is 1. The second-order valence-corrected chi connectivity index (χ2v) is 3.74. The first-order chi connectivity index (χ1) is 8.36. The Bertz CT molecular complexity index is 308. The lowest BCUT2D eigenvalue weighted by atomic mass is 10.2. The van der Waals surface area contributed by atoms with Crippen LogP contribution >= 0.6 is 0 Å². The van der Waals surface area contributed by atoms with E-state index in [9.17, 15) is 14.4 Å². The van der Waals surface area contributed by atoms with Crippen LogP contribution in [0.5, 0.6) is 0 Å². The summed E-state index contributed by atoms with van der Waals surface area (Å²) in [6.07, 6.45) is -0.456. The van der Waals surface area contributed by atoms with Gasteiger partial charge in [0, 0.05) is 6.61 Å². The average molecular weight is 261 g/mol. The maximum absolute atomic E-state index is 11.4. The summed E-state index contributed by atoms with van der Waals surface area (Å²) < 4.78 is 5.08. The molecule has 0 aromatic carbocycles. The van der Waals surface area contributed by atoms with Crippen molar-refractivity contribution in [3.05, 3.63) is 0 Å². The number of carboxylic acid groups (broad SMARTS) is 1. The van der Waals surface area contributed by atoms with Crippen LogP contribution in [-0.4, -0.2) is 48.3 Å². The molecule has 0 spiro atoms. The van der Waals surface area contributed by atoms with E-state index < -0.39 is 30.4 Å². The van der Waals surface area contributed by atoms with E-state index in [1.807, 2.05) is 6.92 Å². The summed E-state index contributed by atoms with van der Waals surface area (Å²) >= 11 is 0. The molecule has 0 saturated heterocycles. The van der Waals surface area contributed by atoms with Gasteiger partial charge in [0.2, 0.25) is 5.91 Å². The minimum Gasteiger partial charge on any atom is -0.480 e. The van der Waals surface area contributed by atoms with Crippen molar-refractivity contribution in [2.75, 3.05) is 13.2 Å². The standard InChI is InChI=1S/C10H19N3O5/c1-3-18-5-6(2)12-10(17)13-7(9(15)16)4-8(11)14/h6-7H,3-5H2,1-2H3,(H2,11,14)(H,15,16)(H2,12,13,17). The molecular formula is C10H19N3O5. The van der Waals surface area contributed by atoms with Gasteiger partial charge in [-0.25, -0.2) is 9.59 Å². The zero-order chi connectivity index (χ0) is 14.1. The summed E-state index contributed by atoms with van der Waals surface area (Å²) in [6.45, 7) is 4.36. The van der Waals surface area contributed by atoms with Crippen LogP contribution in [0.25, 0.3) is 0 Å². The van der Waals surface area contributed by atoms with E-state index in [-0.39, 0.29) is 6.04 Å². The molecule has 0 aromatic rings. The average Bonchev–Trinajstić information content (AvgIpc) is 2.24. The number of amides is 3. The lowest BCUT2D eigenvalue weighted by molar-refractivity contribution is -0.140. The normalized spacial score (nSPS) is 13.4. The molecule has 8 heteroatoms. The maximum atomic E-state index is 11.4. The van der Waals surface area contributed by atoms with Crippen LogP contribution < -0.4 is 16.4 Å². The molecule has 0 fully saturated rings. The van der Waals surface area contributed by atoms with Gasteiger partial charge in [0.1, 0.15) is 6.04 Å². The third kappa shape index (κ3) is 7.44. The summed E-state index contributed by atoms with van der Waals surface area (Å²) in [5.74, 6) is -2.12. The van der Waals surface area contributed by atoms with E-state index in [2.05, 4.69) is 10.6 Å². The van der Waals surface area contributed by atoms with E-state index >= 15 is 0 Å². The number of nitrogens with one attached hydrogen (secondary N) is 2. The van der Waals surface area contributed by atoms with E-state index in [0.29, 0.717) is 13.2 Å². The summed E-state index contributed by atoms with van der Waals surface area (Å²) in [5.41, 5.74) is 4.88. The molecular weight excluding hydrogens is 242 g/mol. The van der Waals surface area contributed by atoms with Crippen molar-refractivity contribution in [3.63, 3.8) is 0 Å². The molecule has 0 aromatic heterocycles. The minimum absolute atomic E-state index is 0.270. The SMILES string of the molecule is CCOCC(C)NC(=O)NC(CC(N)=O)C(=O)O. The molecule has 2 atom stereocenters. The first-order valence-corrected chi connectivity index (χ1v) is 5.52. The van der Waals surface area contributed by atoms with Crippen molar-refractivity contribution in [2.24, 2.45) is 5.73 Å². The molecule has 0 rings (SSSR count). The monoisotopic (exact) mass is 261 g/mol. The van der Waals surface area contributed by atoms with Crippen LogP contribution in [0.4, 0.5) is 4.79 Å². The molecule has 5 N–H and O–H groups in total. The van der Waals surface area contributed by atoms with Gasteiger partial charge in [0.15, 0.2) is 0 Å². The van der Waals surface area contributed by atoms with Gasteiger partial charge in [-0.05, 0) is 13.8 Å². The van der Waals surface area contributed by atoms with Crippen LogP contribution in [0, 0.1) is 0 Å². The number of carbonyl (C=O) groups is 3. The van der Waals surface area contributed by atoms with Gasteiger partial charge >= 0.3 is 12.0 Å². The van der Waals surface area contributed by atoms with Gasteiger partial charge in [0.05, 0.1) is 19.1 Å². The summed E-state index contributed by atoms with van der Waals surface area (Å²) in [7, 11) is 0. The van der Waals surface area contributed by atoms with Gasteiger partial charge < -0.3 is 26.2 Å². The van der Waals surface area contributed by atoms with E-state index in [0.717, 1.165) is 0 Å². The molecule has 0 aliphatic rings. The van der Waals surface area contributed by atoms with Crippen molar-refractivity contribution in [1.29, 1.82) is 0 Å². The van der Waals surface area contributed by atoms with Gasteiger partial charge in [-0.15, -0.1) is 0 Å². The fourth-order valence-electron chi connectivity index (χ4n) is 1.16. The third-order valence-electron chi connectivity index (χ3n) is 1.96. The Labute approximate surface area is 105 Å². The van der Waals surface area contributed by atoms with Crippen LogP contribution in [-0.2, 0) is 14.3 Å². The minimum atomic E-state index is -1.33. The maximum Gasteiger partial charge on any atom is 0.326 e. The Morgan fingerprint density at radius 1 is 1.33 bits per heavy atom. The van der Waals surface area contributed by atoms with Crippen molar-refractivity contribution < 1.29 is 24.2 Å². The van der Waals surface area contributed by atoms with Crippen LogP contribution in [0.3, 0.4) is 0 Å². The van der Waals surface area contributed by atoms with Gasteiger partial charge in [-0.3, -0.25) is 4.79 Å². The number of urea groups is 1. The molecule has 2 unspecified atom stereocenters. The number of carbonyl (C=O) groups excluding carboxylic acids is 2. The Balaban J connectivity index is 4.17. The number of rotatable bonds is 8. The highest BCUT2D eigenvalue weighted by molar-refractivity contribution is 5.87. The number of hydrogen-bond donors (Lipinski definition) is 4. The van der Waals surface area contributed by atoms with Crippen LogP contribution in [0.1, 0.15) is 20.3 Å². The zero-order valence-electron chi connectivity index (χ0n) is 10.4. The quantitative estimate of drug-likeness (QED) is 0.447. The fourth-order valence-corrected chi connectivity index (χ4v) is 1.16. The highest BCUT2D eigenvalue weighted by atomic mass is 16.5. The first kappa shape index (κ1) is 16.2. The Morgan fingerprint density at radius 3 is 2.39 bits per heavy atom. The number of primary amides is 1. The highest BCUT2D eigenvalue weighted by Gasteiger charge is 2.22. The molecule has 0 aliphatic carbocycles. The number of nitrogens with two attached hydrogens (primary N) is 1. The summed E-state index contributed by atoms with van der Waals surface area (Å²) in [6, 6.07) is -2.29. The predicted octanol–water partition coefficient (Wildman–Crippen LogP) is -0.961. The molecule has 0 radical (unpaired) electrons. The van der Waals surface area contributed by atoms with Crippen LogP contribution in [0.15, 0.2) is 0 Å².